The number of aromatic nitrogens is 2. The van der Waals surface area contributed by atoms with Crippen LogP contribution in [0.5, 0.6) is 0 Å². The Bertz CT molecular complexity index is 666. The molecule has 0 fully saturated rings. The van der Waals surface area contributed by atoms with Crippen LogP contribution in [-0.2, 0) is 6.18 Å². The molecule has 4 nitrogen and oxygen atoms in total. The van der Waals surface area contributed by atoms with Crippen LogP contribution < -0.4 is 11.3 Å². The van der Waals surface area contributed by atoms with E-state index >= 15 is 0 Å². The first-order chi connectivity index (χ1) is 9.79. The second kappa shape index (κ2) is 6.27. The van der Waals surface area contributed by atoms with Crippen molar-refractivity contribution in [1.29, 1.82) is 0 Å². The molecular weight excluding hydrogens is 348 g/mol. The largest absolute Gasteiger partial charge is 0.433 e. The number of benzene rings is 1. The van der Waals surface area contributed by atoms with Crippen molar-refractivity contribution in [3.63, 3.8) is 0 Å². The maximum Gasteiger partial charge on any atom is 0.433 e. The zero-order chi connectivity index (χ0) is 15.6. The van der Waals surface area contributed by atoms with E-state index in [-0.39, 0.29) is 11.0 Å². The molecule has 3 N–H and O–H groups in total. The van der Waals surface area contributed by atoms with Gasteiger partial charge in [0, 0.05) is 16.0 Å². The Morgan fingerprint density at radius 3 is 2.48 bits per heavy atom. The Morgan fingerprint density at radius 1 is 1.14 bits per heavy atom. The fourth-order valence-electron chi connectivity index (χ4n) is 1.36. The first-order valence-electron chi connectivity index (χ1n) is 5.35. The highest BCUT2D eigenvalue weighted by Crippen LogP contribution is 2.37. The highest BCUT2D eigenvalue weighted by molar-refractivity contribution is 7.99. The van der Waals surface area contributed by atoms with E-state index < -0.39 is 11.9 Å². The van der Waals surface area contributed by atoms with E-state index in [0.29, 0.717) is 14.9 Å². The van der Waals surface area contributed by atoms with E-state index in [1.807, 2.05) is 5.43 Å². The van der Waals surface area contributed by atoms with Gasteiger partial charge in [0.25, 0.3) is 0 Å². The maximum absolute atomic E-state index is 12.8. The third kappa shape index (κ3) is 4.13. The van der Waals surface area contributed by atoms with Crippen molar-refractivity contribution in [2.75, 3.05) is 5.43 Å². The second-order valence-electron chi connectivity index (χ2n) is 3.73. The molecule has 0 unspecified atom stereocenters. The summed E-state index contributed by atoms with van der Waals surface area (Å²) in [6.07, 6.45) is -4.61. The van der Waals surface area contributed by atoms with E-state index in [2.05, 4.69) is 9.97 Å². The summed E-state index contributed by atoms with van der Waals surface area (Å²) in [6, 6.07) is 5.45. The number of hydrazine groups is 1. The molecule has 0 amide bonds. The molecule has 0 atom stereocenters. The predicted molar refractivity (Wildman–Crippen MR) is 75.4 cm³/mol. The van der Waals surface area contributed by atoms with Crippen LogP contribution in [0, 0.1) is 0 Å². The minimum atomic E-state index is -4.61. The molecule has 0 saturated heterocycles. The number of rotatable bonds is 3. The number of hydrogen-bond acceptors (Lipinski definition) is 5. The number of alkyl halides is 3. The van der Waals surface area contributed by atoms with Gasteiger partial charge in [0.2, 0.25) is 5.95 Å². The van der Waals surface area contributed by atoms with Crippen LogP contribution in [-0.4, -0.2) is 9.97 Å². The number of nitrogens with one attached hydrogen (secondary N) is 1. The van der Waals surface area contributed by atoms with Crippen LogP contribution >= 0.6 is 35.0 Å². The summed E-state index contributed by atoms with van der Waals surface area (Å²) in [6.45, 7) is 0. The van der Waals surface area contributed by atoms with Gasteiger partial charge in [-0.15, -0.1) is 0 Å². The smallest absolute Gasteiger partial charge is 0.292 e. The van der Waals surface area contributed by atoms with Crippen LogP contribution in [0.15, 0.2) is 34.2 Å². The molecule has 112 valence electrons. The minimum absolute atomic E-state index is 0.0365. The SMILES string of the molecule is NNc1nc(Sc2cc(Cl)ccc2Cl)cc(C(F)(F)F)n1. The number of halogens is 5. The number of nitrogens with zero attached hydrogens (tertiary/aromatic N) is 2. The number of nitrogens with two attached hydrogens (primary N) is 1. The number of hydrogen-bond donors (Lipinski definition) is 2. The molecule has 0 aliphatic rings. The summed E-state index contributed by atoms with van der Waals surface area (Å²) in [4.78, 5) is 7.58. The Morgan fingerprint density at radius 2 is 1.86 bits per heavy atom. The van der Waals surface area contributed by atoms with Crippen molar-refractivity contribution >= 4 is 40.9 Å². The van der Waals surface area contributed by atoms with Crippen molar-refractivity contribution in [1.82, 2.24) is 9.97 Å². The quantitative estimate of drug-likeness (QED) is 0.490. The molecule has 2 rings (SSSR count). The molecule has 0 radical (unpaired) electrons. The lowest BCUT2D eigenvalue weighted by atomic mass is 10.4. The van der Waals surface area contributed by atoms with Crippen LogP contribution in [0.4, 0.5) is 19.1 Å². The Hall–Kier alpha value is -1.22. The molecule has 10 heteroatoms. The Balaban J connectivity index is 2.42. The van der Waals surface area contributed by atoms with E-state index in [9.17, 15) is 13.2 Å². The van der Waals surface area contributed by atoms with Gasteiger partial charge < -0.3 is 0 Å². The van der Waals surface area contributed by atoms with E-state index in [0.717, 1.165) is 17.8 Å². The van der Waals surface area contributed by atoms with Gasteiger partial charge in [0.15, 0.2) is 5.69 Å². The minimum Gasteiger partial charge on any atom is -0.292 e. The third-order valence-corrected chi connectivity index (χ3v) is 3.88. The van der Waals surface area contributed by atoms with E-state index in [1.165, 1.54) is 6.07 Å². The molecule has 0 bridgehead atoms. The molecule has 1 aromatic heterocycles. The molecule has 2 aromatic rings. The van der Waals surface area contributed by atoms with Crippen molar-refractivity contribution in [3.8, 4) is 0 Å². The summed E-state index contributed by atoms with van der Waals surface area (Å²) in [7, 11) is 0. The molecule has 1 aromatic carbocycles. The zero-order valence-corrected chi connectivity index (χ0v) is 12.4. The van der Waals surface area contributed by atoms with Crippen molar-refractivity contribution < 1.29 is 13.2 Å². The first-order valence-corrected chi connectivity index (χ1v) is 6.92. The fraction of sp³-hybridized carbons (Fsp3) is 0.0909. The van der Waals surface area contributed by atoms with Crippen LogP contribution in [0.25, 0.3) is 0 Å². The summed E-state index contributed by atoms with van der Waals surface area (Å²) >= 11 is 12.7. The van der Waals surface area contributed by atoms with Gasteiger partial charge in [-0.1, -0.05) is 35.0 Å². The van der Waals surface area contributed by atoms with E-state index in [1.54, 1.807) is 12.1 Å². The third-order valence-electron chi connectivity index (χ3n) is 2.23. The summed E-state index contributed by atoms with van der Waals surface area (Å²) in [5.74, 6) is 4.74. The molecule has 0 saturated carbocycles. The summed E-state index contributed by atoms with van der Waals surface area (Å²) in [5.41, 5.74) is 0.892. The predicted octanol–water partition coefficient (Wildman–Crippen LogP) is 4.24. The van der Waals surface area contributed by atoms with Gasteiger partial charge in [-0.3, -0.25) is 5.43 Å². The van der Waals surface area contributed by atoms with Gasteiger partial charge in [-0.25, -0.2) is 15.8 Å². The van der Waals surface area contributed by atoms with Crippen molar-refractivity contribution in [2.45, 2.75) is 16.1 Å². The molecule has 21 heavy (non-hydrogen) atoms. The second-order valence-corrected chi connectivity index (χ2v) is 5.64. The van der Waals surface area contributed by atoms with Crippen molar-refractivity contribution in [2.24, 2.45) is 5.84 Å². The monoisotopic (exact) mass is 354 g/mol. The standard InChI is InChI=1S/C11H7Cl2F3N4S/c12-5-1-2-6(13)7(3-5)21-9-4-8(11(14,15)16)18-10(19-9)20-17/h1-4H,17H2,(H,18,19,20). The normalized spacial score (nSPS) is 11.5. The summed E-state index contributed by atoms with van der Waals surface area (Å²) in [5, 5.41) is 0.789. The molecule has 0 aliphatic heterocycles. The van der Waals surface area contributed by atoms with Gasteiger partial charge in [0.05, 0.1) is 5.02 Å². The molecular formula is C11H7Cl2F3N4S. The Labute approximate surface area is 131 Å². The molecule has 0 aliphatic carbocycles. The maximum atomic E-state index is 12.8. The van der Waals surface area contributed by atoms with Crippen molar-refractivity contribution in [3.05, 3.63) is 40.0 Å². The molecule has 0 spiro atoms. The fourth-order valence-corrected chi connectivity index (χ4v) is 2.70. The Kier molecular flexibility index (Phi) is 4.82. The highest BCUT2D eigenvalue weighted by Gasteiger charge is 2.33. The van der Waals surface area contributed by atoms with Gasteiger partial charge in [0.1, 0.15) is 5.03 Å². The number of anilines is 1. The van der Waals surface area contributed by atoms with Gasteiger partial charge in [-0.05, 0) is 18.2 Å². The van der Waals surface area contributed by atoms with Gasteiger partial charge in [-0.2, -0.15) is 13.2 Å². The molecule has 1 heterocycles. The van der Waals surface area contributed by atoms with Crippen LogP contribution in [0.2, 0.25) is 10.0 Å². The lowest BCUT2D eigenvalue weighted by Crippen LogP contribution is -2.15. The van der Waals surface area contributed by atoms with Crippen LogP contribution in [0.1, 0.15) is 5.69 Å². The first kappa shape index (κ1) is 16.2. The van der Waals surface area contributed by atoms with Gasteiger partial charge >= 0.3 is 6.18 Å². The average Bonchev–Trinajstić information content (AvgIpc) is 2.41. The highest BCUT2D eigenvalue weighted by atomic mass is 35.5. The lowest BCUT2D eigenvalue weighted by Gasteiger charge is -2.10. The van der Waals surface area contributed by atoms with E-state index in [4.69, 9.17) is 29.0 Å². The summed E-state index contributed by atoms with van der Waals surface area (Å²) < 4.78 is 38.3. The number of nitrogen functional groups attached to an aromatic ring is 1. The average molecular weight is 355 g/mol. The zero-order valence-electron chi connectivity index (χ0n) is 10.1. The topological polar surface area (TPSA) is 63.8 Å². The van der Waals surface area contributed by atoms with Crippen LogP contribution in [0.3, 0.4) is 0 Å². The lowest BCUT2D eigenvalue weighted by molar-refractivity contribution is -0.141.